The molecule has 34 heavy (non-hydrogen) atoms. The molecule has 2 aromatic rings. The lowest BCUT2D eigenvalue weighted by Gasteiger charge is -2.29. The Bertz CT molecular complexity index is 1050. The quantitative estimate of drug-likeness (QED) is 0.541. The second-order valence-corrected chi connectivity index (χ2v) is 8.54. The van der Waals surface area contributed by atoms with Crippen molar-refractivity contribution >= 4 is 23.3 Å². The monoisotopic (exact) mass is 466 g/mol. The number of amides is 2. The predicted molar refractivity (Wildman–Crippen MR) is 127 cm³/mol. The van der Waals surface area contributed by atoms with Gasteiger partial charge in [0.15, 0.2) is 19.0 Å². The van der Waals surface area contributed by atoms with E-state index in [4.69, 9.17) is 14.2 Å². The largest absolute Gasteiger partial charge is 0.485 e. The number of Topliss-reactive ketones (excluding diaryl/α,β-unsaturated/α-hetero) is 1. The van der Waals surface area contributed by atoms with Crippen LogP contribution in [-0.4, -0.2) is 56.6 Å². The highest BCUT2D eigenvalue weighted by Crippen LogP contribution is 2.33. The zero-order valence-corrected chi connectivity index (χ0v) is 19.4. The Balaban J connectivity index is 1.34. The van der Waals surface area contributed by atoms with Gasteiger partial charge in [0.1, 0.15) is 11.5 Å². The van der Waals surface area contributed by atoms with Crippen LogP contribution in [-0.2, 0) is 14.3 Å². The number of carbonyl (C=O) groups is 3. The van der Waals surface area contributed by atoms with Crippen LogP contribution in [0.2, 0.25) is 0 Å². The molecule has 0 aromatic heterocycles. The molecule has 1 fully saturated rings. The Hall–Kier alpha value is -3.39. The second-order valence-electron chi connectivity index (χ2n) is 8.54. The van der Waals surface area contributed by atoms with Gasteiger partial charge in [-0.1, -0.05) is 18.2 Å². The minimum absolute atomic E-state index is 0.0614. The van der Waals surface area contributed by atoms with E-state index in [1.54, 1.807) is 23.1 Å². The van der Waals surface area contributed by atoms with E-state index < -0.39 is 0 Å². The maximum Gasteiger partial charge on any atom is 0.265 e. The number of hydrogen-bond acceptors (Lipinski definition) is 6. The highest BCUT2D eigenvalue weighted by atomic mass is 16.5. The van der Waals surface area contributed by atoms with Gasteiger partial charge in [0.25, 0.3) is 5.91 Å². The maximum absolute atomic E-state index is 12.8. The third kappa shape index (κ3) is 5.94. The lowest BCUT2D eigenvalue weighted by Crippen LogP contribution is -2.40. The van der Waals surface area contributed by atoms with E-state index in [0.29, 0.717) is 48.7 Å². The summed E-state index contributed by atoms with van der Waals surface area (Å²) >= 11 is 0. The van der Waals surface area contributed by atoms with Crippen LogP contribution < -0.4 is 19.7 Å². The van der Waals surface area contributed by atoms with Gasteiger partial charge < -0.3 is 24.4 Å². The number of para-hydroxylation sites is 1. The third-order valence-corrected chi connectivity index (χ3v) is 6.01. The maximum atomic E-state index is 12.8. The predicted octanol–water partition coefficient (Wildman–Crippen LogP) is 3.06. The number of nitrogens with zero attached hydrogens (tertiary/aromatic N) is 1. The van der Waals surface area contributed by atoms with Gasteiger partial charge in [-0.3, -0.25) is 14.4 Å². The average molecular weight is 467 g/mol. The molecule has 1 saturated heterocycles. The van der Waals surface area contributed by atoms with Crippen molar-refractivity contribution < 1.29 is 28.6 Å². The molecule has 1 unspecified atom stereocenters. The Labute approximate surface area is 199 Å². The SMILES string of the molecule is Cc1ccccc1OCC(=O)c1ccc2c(c1)N(CCCC(=O)NCC1CCCO1)C(=O)CO2. The normalized spacial score (nSPS) is 17.1. The van der Waals surface area contributed by atoms with Crippen LogP contribution in [0.4, 0.5) is 5.69 Å². The molecule has 2 aromatic carbocycles. The second kappa shape index (κ2) is 11.2. The van der Waals surface area contributed by atoms with Crippen LogP contribution >= 0.6 is 0 Å². The van der Waals surface area contributed by atoms with Crippen LogP contribution in [0.25, 0.3) is 0 Å². The number of rotatable bonds is 10. The summed E-state index contributed by atoms with van der Waals surface area (Å²) in [5.74, 6) is 0.741. The van der Waals surface area contributed by atoms with E-state index in [1.807, 2.05) is 31.2 Å². The highest BCUT2D eigenvalue weighted by Gasteiger charge is 2.26. The molecule has 8 heteroatoms. The Morgan fingerprint density at radius 3 is 2.85 bits per heavy atom. The number of ketones is 1. The Kier molecular flexibility index (Phi) is 7.80. The molecule has 0 bridgehead atoms. The first kappa shape index (κ1) is 23.8. The van der Waals surface area contributed by atoms with Crippen molar-refractivity contribution in [2.45, 2.75) is 38.7 Å². The summed E-state index contributed by atoms with van der Waals surface area (Å²) in [6, 6.07) is 12.5. The smallest absolute Gasteiger partial charge is 0.265 e. The van der Waals surface area contributed by atoms with Gasteiger partial charge in [-0.25, -0.2) is 0 Å². The van der Waals surface area contributed by atoms with E-state index >= 15 is 0 Å². The van der Waals surface area contributed by atoms with E-state index in [9.17, 15) is 14.4 Å². The van der Waals surface area contributed by atoms with Crippen LogP contribution in [0.3, 0.4) is 0 Å². The number of anilines is 1. The summed E-state index contributed by atoms with van der Waals surface area (Å²) in [5.41, 5.74) is 1.92. The van der Waals surface area contributed by atoms with E-state index in [-0.39, 0.29) is 36.9 Å². The minimum atomic E-state index is -0.201. The molecule has 0 radical (unpaired) electrons. The highest BCUT2D eigenvalue weighted by molar-refractivity contribution is 6.02. The van der Waals surface area contributed by atoms with Gasteiger partial charge in [-0.15, -0.1) is 0 Å². The average Bonchev–Trinajstić information content (AvgIpc) is 3.37. The fraction of sp³-hybridized carbons (Fsp3) is 0.423. The molecule has 0 saturated carbocycles. The number of ether oxygens (including phenoxy) is 3. The molecule has 0 aliphatic carbocycles. The van der Waals surface area contributed by atoms with Gasteiger partial charge in [0.05, 0.1) is 11.8 Å². The summed E-state index contributed by atoms with van der Waals surface area (Å²) in [5, 5.41) is 2.90. The standard InChI is InChI=1S/C26H30N2O6/c1-18-6-2-3-8-23(18)33-16-22(29)19-10-11-24-21(14-19)28(26(31)17-34-24)12-4-9-25(30)27-15-20-7-5-13-32-20/h2-3,6,8,10-11,14,20H,4-5,7,9,12-13,15-17H2,1H3,(H,27,30). The minimum Gasteiger partial charge on any atom is -0.485 e. The van der Waals surface area contributed by atoms with E-state index in [1.165, 1.54) is 0 Å². The molecular formula is C26H30N2O6. The van der Waals surface area contributed by atoms with Gasteiger partial charge >= 0.3 is 0 Å². The molecule has 8 nitrogen and oxygen atoms in total. The molecule has 1 N–H and O–H groups in total. The molecule has 1 atom stereocenters. The van der Waals surface area contributed by atoms with Gasteiger partial charge in [-0.2, -0.15) is 0 Å². The van der Waals surface area contributed by atoms with Crippen LogP contribution in [0, 0.1) is 6.92 Å². The van der Waals surface area contributed by atoms with Crippen LogP contribution in [0.1, 0.15) is 41.6 Å². The number of benzene rings is 2. The number of aryl methyl sites for hydroxylation is 1. The van der Waals surface area contributed by atoms with Crippen molar-refractivity contribution in [1.29, 1.82) is 0 Å². The third-order valence-electron chi connectivity index (χ3n) is 6.01. The molecule has 2 aliphatic rings. The summed E-state index contributed by atoms with van der Waals surface area (Å²) in [7, 11) is 0. The number of carbonyl (C=O) groups excluding carboxylic acids is 3. The fourth-order valence-corrected chi connectivity index (χ4v) is 4.08. The summed E-state index contributed by atoms with van der Waals surface area (Å²) in [4.78, 5) is 39.1. The fourth-order valence-electron chi connectivity index (χ4n) is 4.08. The lowest BCUT2D eigenvalue weighted by molar-refractivity contribution is -0.123. The first-order valence-electron chi connectivity index (χ1n) is 11.7. The van der Waals surface area contributed by atoms with Gasteiger partial charge in [0.2, 0.25) is 5.91 Å². The Morgan fingerprint density at radius 2 is 2.06 bits per heavy atom. The van der Waals surface area contributed by atoms with Crippen molar-refractivity contribution in [3.63, 3.8) is 0 Å². The number of nitrogens with one attached hydrogen (secondary N) is 1. The summed E-state index contributed by atoms with van der Waals surface area (Å²) in [6.45, 7) is 3.38. The summed E-state index contributed by atoms with van der Waals surface area (Å²) < 4.78 is 16.7. The van der Waals surface area contributed by atoms with Gasteiger partial charge in [-0.05, 0) is 56.0 Å². The lowest BCUT2D eigenvalue weighted by atomic mass is 10.1. The molecule has 4 rings (SSSR count). The van der Waals surface area contributed by atoms with Crippen LogP contribution in [0.5, 0.6) is 11.5 Å². The molecule has 0 spiro atoms. The van der Waals surface area contributed by atoms with Crippen molar-refractivity contribution in [1.82, 2.24) is 5.32 Å². The zero-order valence-electron chi connectivity index (χ0n) is 19.4. The van der Waals surface area contributed by atoms with E-state index in [2.05, 4.69) is 5.32 Å². The zero-order chi connectivity index (χ0) is 23.9. The summed E-state index contributed by atoms with van der Waals surface area (Å²) in [6.07, 6.45) is 2.90. The van der Waals surface area contributed by atoms with Crippen LogP contribution in [0.15, 0.2) is 42.5 Å². The number of fused-ring (bicyclic) bond motifs is 1. The first-order valence-corrected chi connectivity index (χ1v) is 11.7. The molecule has 180 valence electrons. The van der Waals surface area contributed by atoms with E-state index in [0.717, 1.165) is 25.0 Å². The Morgan fingerprint density at radius 1 is 1.21 bits per heavy atom. The first-order chi connectivity index (χ1) is 16.5. The molecule has 2 amide bonds. The molecule has 2 aliphatic heterocycles. The number of hydrogen-bond donors (Lipinski definition) is 1. The van der Waals surface area contributed by atoms with Gasteiger partial charge in [0, 0.05) is 31.7 Å². The van der Waals surface area contributed by atoms with Crippen molar-refractivity contribution in [2.75, 3.05) is 37.8 Å². The van der Waals surface area contributed by atoms with Crippen molar-refractivity contribution in [3.05, 3.63) is 53.6 Å². The topological polar surface area (TPSA) is 94.2 Å². The van der Waals surface area contributed by atoms with Crippen molar-refractivity contribution in [2.24, 2.45) is 0 Å². The molecule has 2 heterocycles. The molecular weight excluding hydrogens is 436 g/mol. The van der Waals surface area contributed by atoms with Crippen molar-refractivity contribution in [3.8, 4) is 11.5 Å².